The summed E-state index contributed by atoms with van der Waals surface area (Å²) in [5.41, 5.74) is 0. The van der Waals surface area contributed by atoms with Crippen molar-refractivity contribution in [3.8, 4) is 0 Å². The van der Waals surface area contributed by atoms with Crippen LogP contribution in [0.3, 0.4) is 0 Å². The van der Waals surface area contributed by atoms with Gasteiger partial charge in [0, 0.05) is 25.2 Å². The second kappa shape index (κ2) is 6.91. The number of carbonyl (C=O) groups is 1. The monoisotopic (exact) mass is 289 g/mol. The number of fused-ring (bicyclic) bond motifs is 1. The van der Waals surface area contributed by atoms with Crippen molar-refractivity contribution in [3.05, 3.63) is 0 Å². The van der Waals surface area contributed by atoms with Crippen LogP contribution in [-0.2, 0) is 4.79 Å². The first-order valence-corrected chi connectivity index (χ1v) is 7.23. The highest BCUT2D eigenvalue weighted by atomic mass is 35.5. The molecule has 0 aromatic heterocycles. The lowest BCUT2D eigenvalue weighted by Crippen LogP contribution is -2.47. The zero-order valence-corrected chi connectivity index (χ0v) is 13.4. The number of carbonyl (C=O) groups excluding carboxylic acids is 1. The van der Waals surface area contributed by atoms with Gasteiger partial charge in [0.1, 0.15) is 0 Å². The van der Waals surface area contributed by atoms with Gasteiger partial charge in [-0.3, -0.25) is 9.69 Å². The van der Waals surface area contributed by atoms with Crippen molar-refractivity contribution >= 4 is 18.3 Å². The van der Waals surface area contributed by atoms with Gasteiger partial charge < -0.3 is 10.2 Å². The summed E-state index contributed by atoms with van der Waals surface area (Å²) in [5, 5.41) is 3.44. The fraction of sp³-hybridized carbons (Fsp3) is 0.929. The van der Waals surface area contributed by atoms with E-state index in [2.05, 4.69) is 37.9 Å². The minimum Gasteiger partial charge on any atom is -0.337 e. The zero-order valence-electron chi connectivity index (χ0n) is 12.6. The van der Waals surface area contributed by atoms with E-state index in [9.17, 15) is 4.79 Å². The molecule has 2 heterocycles. The van der Waals surface area contributed by atoms with Crippen LogP contribution in [0.25, 0.3) is 0 Å². The Labute approximate surface area is 123 Å². The van der Waals surface area contributed by atoms with Crippen LogP contribution >= 0.6 is 12.4 Å². The lowest BCUT2D eigenvalue weighted by Gasteiger charge is -2.32. The molecule has 0 aromatic rings. The average molecular weight is 290 g/mol. The Hall–Kier alpha value is -0.320. The molecule has 2 rings (SSSR count). The van der Waals surface area contributed by atoms with Gasteiger partial charge in [-0.1, -0.05) is 0 Å². The number of rotatable bonds is 4. The maximum atomic E-state index is 12.4. The Bertz CT molecular complexity index is 289. The van der Waals surface area contributed by atoms with Crippen molar-refractivity contribution in [2.24, 2.45) is 11.8 Å². The molecule has 2 aliphatic rings. The van der Waals surface area contributed by atoms with E-state index in [0.717, 1.165) is 38.0 Å². The first-order valence-electron chi connectivity index (χ1n) is 7.23. The Kier molecular flexibility index (Phi) is 6.09. The van der Waals surface area contributed by atoms with Crippen molar-refractivity contribution in [1.82, 2.24) is 15.1 Å². The van der Waals surface area contributed by atoms with Gasteiger partial charge in [-0.2, -0.15) is 0 Å². The summed E-state index contributed by atoms with van der Waals surface area (Å²) in [6, 6.07) is 0.586. The van der Waals surface area contributed by atoms with Gasteiger partial charge >= 0.3 is 0 Å². The number of likely N-dealkylation sites (tertiary alicyclic amines) is 1. The van der Waals surface area contributed by atoms with Crippen molar-refractivity contribution in [3.63, 3.8) is 0 Å². The molecule has 1 N–H and O–H groups in total. The summed E-state index contributed by atoms with van der Waals surface area (Å²) in [5.74, 6) is 1.82. The van der Waals surface area contributed by atoms with Crippen LogP contribution in [0.15, 0.2) is 0 Å². The Morgan fingerprint density at radius 3 is 2.05 bits per heavy atom. The van der Waals surface area contributed by atoms with Gasteiger partial charge in [-0.05, 0) is 52.6 Å². The molecule has 0 unspecified atom stereocenters. The van der Waals surface area contributed by atoms with Crippen molar-refractivity contribution in [1.29, 1.82) is 0 Å². The normalized spacial score (nSPS) is 26.6. The van der Waals surface area contributed by atoms with E-state index >= 15 is 0 Å². The van der Waals surface area contributed by atoms with Crippen molar-refractivity contribution < 1.29 is 4.79 Å². The smallest absolute Gasteiger partial charge is 0.237 e. The summed E-state index contributed by atoms with van der Waals surface area (Å²) in [6.07, 6.45) is 0. The highest BCUT2D eigenvalue weighted by molar-refractivity contribution is 5.85. The molecule has 0 saturated carbocycles. The van der Waals surface area contributed by atoms with Gasteiger partial charge in [0.2, 0.25) is 5.91 Å². The van der Waals surface area contributed by atoms with Gasteiger partial charge in [-0.25, -0.2) is 0 Å². The van der Waals surface area contributed by atoms with Crippen LogP contribution in [0.1, 0.15) is 27.7 Å². The SMILES string of the molecule is CC(C)N(C(=O)CN1C[C@H]2CNC[C@H]2C1)C(C)C.Cl. The first kappa shape index (κ1) is 16.7. The van der Waals surface area contributed by atoms with Gasteiger partial charge in [0.15, 0.2) is 0 Å². The quantitative estimate of drug-likeness (QED) is 0.845. The molecule has 0 spiro atoms. The van der Waals surface area contributed by atoms with Gasteiger partial charge in [0.05, 0.1) is 6.54 Å². The van der Waals surface area contributed by atoms with E-state index in [1.165, 1.54) is 0 Å². The Balaban J connectivity index is 0.00000180. The minimum atomic E-state index is 0. The zero-order chi connectivity index (χ0) is 13.3. The molecule has 0 aliphatic carbocycles. The summed E-state index contributed by atoms with van der Waals surface area (Å²) < 4.78 is 0. The molecule has 0 radical (unpaired) electrons. The summed E-state index contributed by atoms with van der Waals surface area (Å²) in [4.78, 5) is 16.7. The summed E-state index contributed by atoms with van der Waals surface area (Å²) in [7, 11) is 0. The molecule has 4 nitrogen and oxygen atoms in total. The highest BCUT2D eigenvalue weighted by Gasteiger charge is 2.37. The first-order chi connectivity index (χ1) is 8.49. The summed E-state index contributed by atoms with van der Waals surface area (Å²) >= 11 is 0. The number of hydrogen-bond acceptors (Lipinski definition) is 3. The van der Waals surface area contributed by atoms with Gasteiger partial charge in [0.25, 0.3) is 0 Å². The fourth-order valence-corrected chi connectivity index (χ4v) is 3.53. The third-order valence-corrected chi connectivity index (χ3v) is 4.22. The Morgan fingerprint density at radius 2 is 1.63 bits per heavy atom. The fourth-order valence-electron chi connectivity index (χ4n) is 3.53. The second-order valence-electron chi connectivity index (χ2n) is 6.36. The van der Waals surface area contributed by atoms with Crippen molar-refractivity contribution in [2.45, 2.75) is 39.8 Å². The van der Waals surface area contributed by atoms with Crippen LogP contribution in [0.5, 0.6) is 0 Å². The molecule has 1 amide bonds. The lowest BCUT2D eigenvalue weighted by molar-refractivity contribution is -0.135. The van der Waals surface area contributed by atoms with E-state index in [-0.39, 0.29) is 18.3 Å². The Morgan fingerprint density at radius 1 is 1.16 bits per heavy atom. The van der Waals surface area contributed by atoms with E-state index in [1.807, 2.05) is 4.90 Å². The summed E-state index contributed by atoms with van der Waals surface area (Å²) in [6.45, 7) is 13.4. The third-order valence-electron chi connectivity index (χ3n) is 4.22. The van der Waals surface area contributed by atoms with E-state index in [4.69, 9.17) is 0 Å². The molecule has 2 atom stereocenters. The lowest BCUT2D eigenvalue weighted by atomic mass is 10.0. The van der Waals surface area contributed by atoms with Crippen molar-refractivity contribution in [2.75, 3.05) is 32.7 Å². The molecule has 2 fully saturated rings. The molecular formula is C14H28ClN3O. The average Bonchev–Trinajstić information content (AvgIpc) is 2.75. The molecule has 112 valence electrons. The molecule has 19 heavy (non-hydrogen) atoms. The topological polar surface area (TPSA) is 35.6 Å². The number of hydrogen-bond donors (Lipinski definition) is 1. The van der Waals surface area contributed by atoms with E-state index in [0.29, 0.717) is 18.6 Å². The van der Waals surface area contributed by atoms with E-state index < -0.39 is 0 Å². The van der Waals surface area contributed by atoms with Crippen LogP contribution < -0.4 is 5.32 Å². The molecule has 2 saturated heterocycles. The number of nitrogens with one attached hydrogen (secondary N) is 1. The van der Waals surface area contributed by atoms with Crippen LogP contribution in [0.4, 0.5) is 0 Å². The number of amides is 1. The van der Waals surface area contributed by atoms with Crippen LogP contribution in [-0.4, -0.2) is 60.5 Å². The molecule has 0 aromatic carbocycles. The van der Waals surface area contributed by atoms with Crippen LogP contribution in [0.2, 0.25) is 0 Å². The number of nitrogens with zero attached hydrogens (tertiary/aromatic N) is 2. The molecule has 2 aliphatic heterocycles. The predicted molar refractivity (Wildman–Crippen MR) is 80.7 cm³/mol. The van der Waals surface area contributed by atoms with Gasteiger partial charge in [-0.15, -0.1) is 12.4 Å². The maximum absolute atomic E-state index is 12.4. The third kappa shape index (κ3) is 3.83. The van der Waals surface area contributed by atoms with E-state index in [1.54, 1.807) is 0 Å². The largest absolute Gasteiger partial charge is 0.337 e. The highest BCUT2D eigenvalue weighted by Crippen LogP contribution is 2.26. The van der Waals surface area contributed by atoms with Crippen LogP contribution in [0, 0.1) is 11.8 Å². The molecule has 0 bridgehead atoms. The second-order valence-corrected chi connectivity index (χ2v) is 6.36. The predicted octanol–water partition coefficient (Wildman–Crippen LogP) is 1.20. The minimum absolute atomic E-state index is 0. The maximum Gasteiger partial charge on any atom is 0.237 e. The molecular weight excluding hydrogens is 262 g/mol. The standard InChI is InChI=1S/C14H27N3O.ClH/c1-10(2)17(11(3)4)14(18)9-16-7-12-5-15-6-13(12)8-16;/h10-13,15H,5-9H2,1-4H3;1H/t12-,13+;. The molecule has 5 heteroatoms. The number of halogens is 1.